The van der Waals surface area contributed by atoms with E-state index in [2.05, 4.69) is 18.7 Å². The Morgan fingerprint density at radius 3 is 2.76 bits per heavy atom. The van der Waals surface area contributed by atoms with E-state index in [0.29, 0.717) is 12.5 Å². The maximum atomic E-state index is 9.71. The first-order valence-electron chi connectivity index (χ1n) is 6.23. The Hall–Kier alpha value is -1.12. The van der Waals surface area contributed by atoms with Crippen molar-refractivity contribution in [1.29, 1.82) is 0 Å². The van der Waals surface area contributed by atoms with E-state index in [1.165, 1.54) is 5.56 Å². The van der Waals surface area contributed by atoms with Crippen LogP contribution in [0.3, 0.4) is 0 Å². The van der Waals surface area contributed by atoms with E-state index in [1.807, 2.05) is 18.2 Å². The zero-order valence-corrected chi connectivity index (χ0v) is 10.1. The van der Waals surface area contributed by atoms with Crippen molar-refractivity contribution in [2.75, 3.05) is 6.61 Å². The fourth-order valence-electron chi connectivity index (χ4n) is 2.23. The molecule has 1 N–H and O–H groups in total. The van der Waals surface area contributed by atoms with Crippen molar-refractivity contribution < 1.29 is 9.84 Å². The lowest BCUT2D eigenvalue weighted by molar-refractivity contribution is 0.0528. The van der Waals surface area contributed by atoms with Gasteiger partial charge in [0.25, 0.3) is 0 Å². The standard InChI is InChI=1S/C15H20O2/c1-12-7-8-14(9-15(12)16)11-17-10-13-5-3-2-4-6-13/h2-6,14-16H,1,7-11H2. The second-order valence-electron chi connectivity index (χ2n) is 4.82. The van der Waals surface area contributed by atoms with Crippen molar-refractivity contribution in [3.05, 3.63) is 48.0 Å². The van der Waals surface area contributed by atoms with Gasteiger partial charge in [-0.3, -0.25) is 0 Å². The molecule has 0 radical (unpaired) electrons. The highest BCUT2D eigenvalue weighted by molar-refractivity contribution is 5.13. The van der Waals surface area contributed by atoms with Crippen LogP contribution < -0.4 is 0 Å². The van der Waals surface area contributed by atoms with E-state index < -0.39 is 0 Å². The van der Waals surface area contributed by atoms with Gasteiger partial charge < -0.3 is 9.84 Å². The van der Waals surface area contributed by atoms with Gasteiger partial charge in [0, 0.05) is 6.61 Å². The van der Waals surface area contributed by atoms with Gasteiger partial charge in [0.15, 0.2) is 0 Å². The molecule has 2 atom stereocenters. The molecule has 0 heterocycles. The highest BCUT2D eigenvalue weighted by atomic mass is 16.5. The Kier molecular flexibility index (Phi) is 4.35. The van der Waals surface area contributed by atoms with Gasteiger partial charge in [-0.2, -0.15) is 0 Å². The molecule has 0 aliphatic heterocycles. The Balaban J connectivity index is 1.71. The predicted octanol–water partition coefficient (Wildman–Crippen LogP) is 2.92. The van der Waals surface area contributed by atoms with E-state index in [4.69, 9.17) is 4.74 Å². The molecule has 1 aliphatic rings. The third-order valence-corrected chi connectivity index (χ3v) is 3.37. The van der Waals surface area contributed by atoms with Gasteiger partial charge in [-0.25, -0.2) is 0 Å². The van der Waals surface area contributed by atoms with Crippen LogP contribution in [0, 0.1) is 5.92 Å². The van der Waals surface area contributed by atoms with Crippen LogP contribution >= 0.6 is 0 Å². The average molecular weight is 232 g/mol. The fourth-order valence-corrected chi connectivity index (χ4v) is 2.23. The van der Waals surface area contributed by atoms with Crippen LogP contribution in [0.15, 0.2) is 42.5 Å². The number of hydrogen-bond acceptors (Lipinski definition) is 2. The Morgan fingerprint density at radius 1 is 1.29 bits per heavy atom. The molecule has 2 rings (SSSR count). The van der Waals surface area contributed by atoms with Crippen molar-refractivity contribution in [1.82, 2.24) is 0 Å². The molecular weight excluding hydrogens is 212 g/mol. The van der Waals surface area contributed by atoms with Gasteiger partial charge in [-0.1, -0.05) is 36.9 Å². The molecule has 0 spiro atoms. The summed E-state index contributed by atoms with van der Waals surface area (Å²) in [6.07, 6.45) is 2.49. The van der Waals surface area contributed by atoms with Crippen LogP contribution in [0.5, 0.6) is 0 Å². The molecule has 2 heteroatoms. The van der Waals surface area contributed by atoms with Gasteiger partial charge in [0.1, 0.15) is 0 Å². The van der Waals surface area contributed by atoms with Gasteiger partial charge in [0.2, 0.25) is 0 Å². The predicted molar refractivity (Wildman–Crippen MR) is 68.6 cm³/mol. The summed E-state index contributed by atoms with van der Waals surface area (Å²) in [6, 6.07) is 10.2. The van der Waals surface area contributed by atoms with Gasteiger partial charge in [0.05, 0.1) is 12.7 Å². The van der Waals surface area contributed by atoms with Crippen LogP contribution in [0.2, 0.25) is 0 Å². The second-order valence-corrected chi connectivity index (χ2v) is 4.82. The molecule has 1 saturated carbocycles. The Labute approximate surface area is 103 Å². The zero-order valence-electron chi connectivity index (χ0n) is 10.1. The summed E-state index contributed by atoms with van der Waals surface area (Å²) in [5.74, 6) is 0.471. The van der Waals surface area contributed by atoms with E-state index in [0.717, 1.165) is 31.4 Å². The normalized spacial score (nSPS) is 24.9. The van der Waals surface area contributed by atoms with E-state index in [-0.39, 0.29) is 6.10 Å². The van der Waals surface area contributed by atoms with E-state index in [9.17, 15) is 5.11 Å². The number of benzene rings is 1. The van der Waals surface area contributed by atoms with E-state index >= 15 is 0 Å². The smallest absolute Gasteiger partial charge is 0.0751 e. The lowest BCUT2D eigenvalue weighted by Crippen LogP contribution is -2.24. The molecule has 0 amide bonds. The summed E-state index contributed by atoms with van der Waals surface area (Å²) >= 11 is 0. The molecule has 0 aromatic heterocycles. The van der Waals surface area contributed by atoms with Crippen molar-refractivity contribution in [2.24, 2.45) is 5.92 Å². The largest absolute Gasteiger partial charge is 0.389 e. The first-order valence-corrected chi connectivity index (χ1v) is 6.23. The summed E-state index contributed by atoms with van der Waals surface area (Å²) in [7, 11) is 0. The van der Waals surface area contributed by atoms with Crippen molar-refractivity contribution in [2.45, 2.75) is 32.0 Å². The number of ether oxygens (including phenoxy) is 1. The third kappa shape index (κ3) is 3.69. The molecular formula is C15H20O2. The number of aliphatic hydroxyl groups is 1. The molecule has 1 fully saturated rings. The fraction of sp³-hybridized carbons (Fsp3) is 0.467. The molecule has 1 aliphatic carbocycles. The monoisotopic (exact) mass is 232 g/mol. The maximum absolute atomic E-state index is 9.71. The molecule has 17 heavy (non-hydrogen) atoms. The lowest BCUT2D eigenvalue weighted by Gasteiger charge is -2.27. The highest BCUT2D eigenvalue weighted by Gasteiger charge is 2.22. The topological polar surface area (TPSA) is 29.5 Å². The SMILES string of the molecule is C=C1CCC(COCc2ccccc2)CC1O. The van der Waals surface area contributed by atoms with Crippen LogP contribution in [-0.4, -0.2) is 17.8 Å². The second kappa shape index (κ2) is 5.99. The molecule has 0 bridgehead atoms. The Morgan fingerprint density at radius 2 is 2.06 bits per heavy atom. The van der Waals surface area contributed by atoms with E-state index in [1.54, 1.807) is 0 Å². The first-order chi connectivity index (χ1) is 8.25. The highest BCUT2D eigenvalue weighted by Crippen LogP contribution is 2.27. The summed E-state index contributed by atoms with van der Waals surface area (Å²) in [6.45, 7) is 5.26. The van der Waals surface area contributed by atoms with Crippen molar-refractivity contribution in [3.8, 4) is 0 Å². The van der Waals surface area contributed by atoms with Crippen LogP contribution in [0.25, 0.3) is 0 Å². The zero-order chi connectivity index (χ0) is 12.1. The molecule has 1 aromatic rings. The molecule has 92 valence electrons. The minimum atomic E-state index is -0.325. The number of aliphatic hydroxyl groups excluding tert-OH is 1. The summed E-state index contributed by atoms with van der Waals surface area (Å²) in [5.41, 5.74) is 2.18. The maximum Gasteiger partial charge on any atom is 0.0751 e. The lowest BCUT2D eigenvalue weighted by atomic mass is 9.85. The molecule has 0 saturated heterocycles. The third-order valence-electron chi connectivity index (χ3n) is 3.37. The van der Waals surface area contributed by atoms with Crippen LogP contribution in [-0.2, 0) is 11.3 Å². The summed E-state index contributed by atoms with van der Waals surface area (Å²) in [5, 5.41) is 9.71. The molecule has 2 nitrogen and oxygen atoms in total. The Bertz CT molecular complexity index is 358. The molecule has 1 aromatic carbocycles. The number of hydrogen-bond donors (Lipinski definition) is 1. The minimum absolute atomic E-state index is 0.325. The summed E-state index contributed by atoms with van der Waals surface area (Å²) in [4.78, 5) is 0. The first kappa shape index (κ1) is 12.3. The van der Waals surface area contributed by atoms with Gasteiger partial charge in [-0.05, 0) is 36.3 Å². The van der Waals surface area contributed by atoms with Crippen LogP contribution in [0.1, 0.15) is 24.8 Å². The average Bonchev–Trinajstić information content (AvgIpc) is 2.35. The molecule has 2 unspecified atom stereocenters. The van der Waals surface area contributed by atoms with Crippen LogP contribution in [0.4, 0.5) is 0 Å². The summed E-state index contributed by atoms with van der Waals surface area (Å²) < 4.78 is 5.70. The van der Waals surface area contributed by atoms with Gasteiger partial charge >= 0.3 is 0 Å². The van der Waals surface area contributed by atoms with Crippen molar-refractivity contribution >= 4 is 0 Å². The minimum Gasteiger partial charge on any atom is -0.389 e. The quantitative estimate of drug-likeness (QED) is 0.809. The number of rotatable bonds is 4. The van der Waals surface area contributed by atoms with Gasteiger partial charge in [-0.15, -0.1) is 0 Å². The van der Waals surface area contributed by atoms with Crippen molar-refractivity contribution in [3.63, 3.8) is 0 Å².